The van der Waals surface area contributed by atoms with Crippen LogP contribution < -0.4 is 10.6 Å². The lowest BCUT2D eigenvalue weighted by Gasteiger charge is -2.11. The van der Waals surface area contributed by atoms with Crippen molar-refractivity contribution in [1.29, 1.82) is 0 Å². The molecule has 0 aliphatic rings. The van der Waals surface area contributed by atoms with Crippen LogP contribution >= 0.6 is 0 Å². The van der Waals surface area contributed by atoms with Crippen LogP contribution in [0.2, 0.25) is 0 Å². The highest BCUT2D eigenvalue weighted by Gasteiger charge is 2.15. The number of carbonyl (C=O) groups excluding carboxylic acids is 2. The monoisotopic (exact) mass is 427 g/mol. The number of para-hydroxylation sites is 1. The molecule has 7 nitrogen and oxygen atoms in total. The molecule has 7 heteroatoms. The molecule has 0 unspecified atom stereocenters. The molecule has 0 spiro atoms. The van der Waals surface area contributed by atoms with Crippen molar-refractivity contribution >= 4 is 28.8 Å². The van der Waals surface area contributed by atoms with Gasteiger partial charge in [0.2, 0.25) is 0 Å². The van der Waals surface area contributed by atoms with E-state index in [0.29, 0.717) is 12.1 Å². The van der Waals surface area contributed by atoms with E-state index in [1.807, 2.05) is 58.9 Å². The SMILES string of the molecule is Cn1cc(/C=C(/NC(=O)c2ccccc2)C(=O)NCCCn2ccnc2)c2ccccc21. The molecule has 0 bridgehead atoms. The molecule has 0 radical (unpaired) electrons. The van der Waals surface area contributed by atoms with Crippen molar-refractivity contribution in [3.8, 4) is 0 Å². The first-order valence-electron chi connectivity index (χ1n) is 10.5. The number of aryl methyl sites for hydroxylation is 2. The van der Waals surface area contributed by atoms with Crippen LogP contribution in [-0.2, 0) is 18.4 Å². The van der Waals surface area contributed by atoms with Gasteiger partial charge in [0.05, 0.1) is 6.33 Å². The van der Waals surface area contributed by atoms with Crippen LogP contribution in [0.3, 0.4) is 0 Å². The largest absolute Gasteiger partial charge is 0.351 e. The highest BCUT2D eigenvalue weighted by atomic mass is 16.2. The molecular weight excluding hydrogens is 402 g/mol. The van der Waals surface area contributed by atoms with Gasteiger partial charge >= 0.3 is 0 Å². The van der Waals surface area contributed by atoms with Crippen LogP contribution in [-0.4, -0.2) is 32.5 Å². The number of rotatable bonds is 8. The summed E-state index contributed by atoms with van der Waals surface area (Å²) in [4.78, 5) is 29.8. The van der Waals surface area contributed by atoms with Crippen molar-refractivity contribution in [2.75, 3.05) is 6.54 Å². The Morgan fingerprint density at radius 3 is 2.62 bits per heavy atom. The van der Waals surface area contributed by atoms with E-state index >= 15 is 0 Å². The highest BCUT2D eigenvalue weighted by molar-refractivity contribution is 6.06. The van der Waals surface area contributed by atoms with Crippen LogP contribution in [0, 0.1) is 0 Å². The zero-order valence-electron chi connectivity index (χ0n) is 17.9. The van der Waals surface area contributed by atoms with E-state index in [0.717, 1.165) is 29.4 Å². The van der Waals surface area contributed by atoms with Gasteiger partial charge in [0.15, 0.2) is 0 Å². The van der Waals surface area contributed by atoms with Crippen LogP contribution in [0.25, 0.3) is 17.0 Å². The average Bonchev–Trinajstić information content (AvgIpc) is 3.45. The summed E-state index contributed by atoms with van der Waals surface area (Å²) in [5.41, 5.74) is 2.61. The Bertz CT molecular complexity index is 1240. The number of benzene rings is 2. The maximum Gasteiger partial charge on any atom is 0.267 e. The summed E-state index contributed by atoms with van der Waals surface area (Å²) < 4.78 is 3.96. The van der Waals surface area contributed by atoms with Gasteiger partial charge in [0, 0.05) is 60.8 Å². The van der Waals surface area contributed by atoms with E-state index in [4.69, 9.17) is 0 Å². The Balaban J connectivity index is 1.55. The number of amides is 2. The lowest BCUT2D eigenvalue weighted by molar-refractivity contribution is -0.117. The van der Waals surface area contributed by atoms with Crippen molar-refractivity contribution < 1.29 is 9.59 Å². The Hall–Kier alpha value is -4.13. The van der Waals surface area contributed by atoms with Crippen molar-refractivity contribution in [2.45, 2.75) is 13.0 Å². The Labute approximate surface area is 186 Å². The number of hydrogen-bond donors (Lipinski definition) is 2. The number of hydrogen-bond acceptors (Lipinski definition) is 3. The van der Waals surface area contributed by atoms with E-state index in [1.54, 1.807) is 42.9 Å². The molecule has 32 heavy (non-hydrogen) atoms. The second kappa shape index (κ2) is 9.78. The summed E-state index contributed by atoms with van der Waals surface area (Å²) in [6.07, 6.45) is 9.78. The molecule has 0 saturated carbocycles. The standard InChI is InChI=1S/C25H25N5O2/c1-29-17-20(21-10-5-6-11-23(21)29)16-22(28-24(31)19-8-3-2-4-9-19)25(32)27-12-7-14-30-15-13-26-18-30/h2-6,8-11,13,15-18H,7,12,14H2,1H3,(H,27,32)(H,28,31)/b22-16+. The summed E-state index contributed by atoms with van der Waals surface area (Å²) in [7, 11) is 1.96. The summed E-state index contributed by atoms with van der Waals surface area (Å²) in [6, 6.07) is 16.8. The van der Waals surface area contributed by atoms with Crippen molar-refractivity contribution in [3.63, 3.8) is 0 Å². The quantitative estimate of drug-likeness (QED) is 0.334. The van der Waals surface area contributed by atoms with Crippen molar-refractivity contribution in [3.05, 3.63) is 96.3 Å². The van der Waals surface area contributed by atoms with Gasteiger partial charge in [-0.3, -0.25) is 9.59 Å². The third-order valence-electron chi connectivity index (χ3n) is 5.19. The van der Waals surface area contributed by atoms with Gasteiger partial charge in [0.1, 0.15) is 5.70 Å². The zero-order chi connectivity index (χ0) is 22.3. The fourth-order valence-corrected chi connectivity index (χ4v) is 3.56. The van der Waals surface area contributed by atoms with Crippen LogP contribution in [0.15, 0.2) is 85.2 Å². The third kappa shape index (κ3) is 4.95. The predicted molar refractivity (Wildman–Crippen MR) is 125 cm³/mol. The maximum atomic E-state index is 13.0. The molecular formula is C25H25N5O2. The molecule has 2 amide bonds. The summed E-state index contributed by atoms with van der Waals surface area (Å²) >= 11 is 0. The first-order chi connectivity index (χ1) is 15.6. The Kier molecular flexibility index (Phi) is 6.46. The van der Waals surface area contributed by atoms with Crippen LogP contribution in [0.1, 0.15) is 22.3 Å². The smallest absolute Gasteiger partial charge is 0.267 e. The number of nitrogens with one attached hydrogen (secondary N) is 2. The van der Waals surface area contributed by atoms with Gasteiger partial charge in [-0.15, -0.1) is 0 Å². The minimum atomic E-state index is -0.328. The van der Waals surface area contributed by atoms with Gasteiger partial charge in [-0.2, -0.15) is 0 Å². The number of aromatic nitrogens is 3. The molecule has 2 aromatic heterocycles. The second-order valence-corrected chi connectivity index (χ2v) is 7.50. The molecule has 4 aromatic rings. The minimum absolute atomic E-state index is 0.206. The molecule has 2 N–H and O–H groups in total. The topological polar surface area (TPSA) is 81.0 Å². The average molecular weight is 428 g/mol. The molecule has 0 fully saturated rings. The zero-order valence-corrected chi connectivity index (χ0v) is 17.9. The molecule has 0 atom stereocenters. The number of imidazole rings is 1. The summed E-state index contributed by atoms with van der Waals surface area (Å²) in [5, 5.41) is 6.72. The molecule has 4 rings (SSSR count). The predicted octanol–water partition coefficient (Wildman–Crippen LogP) is 3.35. The van der Waals surface area contributed by atoms with E-state index in [9.17, 15) is 9.59 Å². The second-order valence-electron chi connectivity index (χ2n) is 7.50. The van der Waals surface area contributed by atoms with E-state index in [2.05, 4.69) is 15.6 Å². The van der Waals surface area contributed by atoms with Gasteiger partial charge in [-0.05, 0) is 30.7 Å². The minimum Gasteiger partial charge on any atom is -0.351 e. The first kappa shape index (κ1) is 21.1. The van der Waals surface area contributed by atoms with Gasteiger partial charge in [0.25, 0.3) is 11.8 Å². The third-order valence-corrected chi connectivity index (χ3v) is 5.19. The van der Waals surface area contributed by atoms with Crippen LogP contribution in [0.4, 0.5) is 0 Å². The lowest BCUT2D eigenvalue weighted by atomic mass is 10.1. The maximum absolute atomic E-state index is 13.0. The first-order valence-corrected chi connectivity index (χ1v) is 10.5. The van der Waals surface area contributed by atoms with E-state index in [-0.39, 0.29) is 17.5 Å². The Morgan fingerprint density at radius 2 is 1.84 bits per heavy atom. The molecule has 2 aromatic carbocycles. The molecule has 2 heterocycles. The number of carbonyl (C=O) groups is 2. The molecule has 0 saturated heterocycles. The van der Waals surface area contributed by atoms with Gasteiger partial charge in [-0.25, -0.2) is 4.98 Å². The fraction of sp³-hybridized carbons (Fsp3) is 0.160. The number of fused-ring (bicyclic) bond motifs is 1. The van der Waals surface area contributed by atoms with Gasteiger partial charge in [-0.1, -0.05) is 36.4 Å². The van der Waals surface area contributed by atoms with Gasteiger partial charge < -0.3 is 19.8 Å². The lowest BCUT2D eigenvalue weighted by Crippen LogP contribution is -2.35. The van der Waals surface area contributed by atoms with Crippen molar-refractivity contribution in [2.24, 2.45) is 7.05 Å². The highest BCUT2D eigenvalue weighted by Crippen LogP contribution is 2.22. The molecule has 0 aliphatic heterocycles. The molecule has 0 aliphatic carbocycles. The normalized spacial score (nSPS) is 11.5. The van der Waals surface area contributed by atoms with E-state index < -0.39 is 0 Å². The number of nitrogens with zero attached hydrogens (tertiary/aromatic N) is 3. The summed E-state index contributed by atoms with van der Waals surface area (Å²) in [6.45, 7) is 1.23. The van der Waals surface area contributed by atoms with E-state index in [1.165, 1.54) is 0 Å². The molecule has 162 valence electrons. The van der Waals surface area contributed by atoms with Crippen molar-refractivity contribution in [1.82, 2.24) is 24.8 Å². The fourth-order valence-electron chi connectivity index (χ4n) is 3.56. The Morgan fingerprint density at radius 1 is 1.06 bits per heavy atom. The van der Waals surface area contributed by atoms with Crippen LogP contribution in [0.5, 0.6) is 0 Å². The summed E-state index contributed by atoms with van der Waals surface area (Å²) in [5.74, 6) is -0.654.